The number of hydrogen-bond donors (Lipinski definition) is 3. The number of carbonyl (C=O) groups excluding carboxylic acids is 2. The van der Waals surface area contributed by atoms with E-state index in [0.29, 0.717) is 17.1 Å². The van der Waals surface area contributed by atoms with E-state index < -0.39 is 6.04 Å². The number of rotatable bonds is 4. The Kier molecular flexibility index (Phi) is 4.24. The minimum atomic E-state index is -0.545. The Morgan fingerprint density at radius 3 is 3.00 bits per heavy atom. The third-order valence-electron chi connectivity index (χ3n) is 3.44. The highest BCUT2D eigenvalue weighted by molar-refractivity contribution is 5.98. The van der Waals surface area contributed by atoms with E-state index in [9.17, 15) is 9.59 Å². The van der Waals surface area contributed by atoms with Gasteiger partial charge in [-0.25, -0.2) is 0 Å². The molecule has 2 unspecified atom stereocenters. The normalized spacial score (nSPS) is 16.4. The summed E-state index contributed by atoms with van der Waals surface area (Å²) in [6.45, 7) is 3.92. The third-order valence-corrected chi connectivity index (χ3v) is 3.44. The number of amides is 2. The zero-order chi connectivity index (χ0) is 14.7. The monoisotopic (exact) mass is 277 g/mol. The third kappa shape index (κ3) is 3.08. The van der Waals surface area contributed by atoms with Gasteiger partial charge in [-0.1, -0.05) is 20.3 Å². The molecule has 0 radical (unpaired) electrons. The molecule has 20 heavy (non-hydrogen) atoms. The summed E-state index contributed by atoms with van der Waals surface area (Å²) < 4.78 is 5.29. The summed E-state index contributed by atoms with van der Waals surface area (Å²) in [6.07, 6.45) is 0.841. The molecule has 108 valence electrons. The Labute approximate surface area is 117 Å². The zero-order valence-corrected chi connectivity index (χ0v) is 11.6. The number of ether oxygens (including phenoxy) is 1. The first-order chi connectivity index (χ1) is 9.51. The molecule has 0 bridgehead atoms. The Morgan fingerprint density at radius 1 is 1.55 bits per heavy atom. The quantitative estimate of drug-likeness (QED) is 0.774. The number of benzene rings is 1. The zero-order valence-electron chi connectivity index (χ0n) is 11.6. The van der Waals surface area contributed by atoms with Crippen molar-refractivity contribution >= 4 is 23.2 Å². The first-order valence-corrected chi connectivity index (χ1v) is 6.64. The molecule has 0 aromatic heterocycles. The molecular formula is C14H19N3O3. The smallest absolute Gasteiger partial charge is 0.262 e. The Balaban J connectivity index is 2.07. The number of nitrogens with one attached hydrogen (secondary N) is 2. The second kappa shape index (κ2) is 5.92. The van der Waals surface area contributed by atoms with Crippen LogP contribution >= 0.6 is 0 Å². The lowest BCUT2D eigenvalue weighted by Crippen LogP contribution is -2.40. The Morgan fingerprint density at radius 2 is 2.30 bits per heavy atom. The van der Waals surface area contributed by atoms with Crippen LogP contribution in [0.2, 0.25) is 0 Å². The van der Waals surface area contributed by atoms with Crippen molar-refractivity contribution < 1.29 is 14.3 Å². The highest BCUT2D eigenvalue weighted by atomic mass is 16.5. The average molecular weight is 277 g/mol. The van der Waals surface area contributed by atoms with Gasteiger partial charge in [-0.2, -0.15) is 0 Å². The summed E-state index contributed by atoms with van der Waals surface area (Å²) in [5.74, 6) is 0.245. The second-order valence-corrected chi connectivity index (χ2v) is 4.95. The van der Waals surface area contributed by atoms with Crippen molar-refractivity contribution in [3.63, 3.8) is 0 Å². The second-order valence-electron chi connectivity index (χ2n) is 4.95. The van der Waals surface area contributed by atoms with Crippen LogP contribution in [0, 0.1) is 5.92 Å². The molecule has 2 rings (SSSR count). The molecule has 1 aromatic rings. The summed E-state index contributed by atoms with van der Waals surface area (Å²) >= 11 is 0. The van der Waals surface area contributed by atoms with Crippen molar-refractivity contribution in [2.24, 2.45) is 11.7 Å². The van der Waals surface area contributed by atoms with Crippen molar-refractivity contribution in [2.45, 2.75) is 26.3 Å². The van der Waals surface area contributed by atoms with Gasteiger partial charge in [0.05, 0.1) is 11.7 Å². The van der Waals surface area contributed by atoms with E-state index in [1.807, 2.05) is 13.8 Å². The molecule has 4 N–H and O–H groups in total. The van der Waals surface area contributed by atoms with Crippen molar-refractivity contribution in [3.8, 4) is 5.75 Å². The van der Waals surface area contributed by atoms with Crippen LogP contribution in [-0.2, 0) is 9.59 Å². The van der Waals surface area contributed by atoms with E-state index in [-0.39, 0.29) is 24.3 Å². The fourth-order valence-electron chi connectivity index (χ4n) is 1.89. The maximum atomic E-state index is 12.0. The van der Waals surface area contributed by atoms with Crippen LogP contribution in [0.5, 0.6) is 5.75 Å². The molecule has 0 aliphatic carbocycles. The first kappa shape index (κ1) is 14.3. The summed E-state index contributed by atoms with van der Waals surface area (Å²) in [7, 11) is 0. The van der Waals surface area contributed by atoms with Gasteiger partial charge in [-0.05, 0) is 18.1 Å². The van der Waals surface area contributed by atoms with Gasteiger partial charge in [0.25, 0.3) is 5.91 Å². The summed E-state index contributed by atoms with van der Waals surface area (Å²) in [6, 6.07) is 4.53. The molecule has 6 heteroatoms. The van der Waals surface area contributed by atoms with Gasteiger partial charge in [0, 0.05) is 11.8 Å². The van der Waals surface area contributed by atoms with Gasteiger partial charge in [-0.3, -0.25) is 9.59 Å². The van der Waals surface area contributed by atoms with Crippen LogP contribution in [0.15, 0.2) is 18.2 Å². The van der Waals surface area contributed by atoms with E-state index in [2.05, 4.69) is 10.6 Å². The minimum Gasteiger partial charge on any atom is -0.482 e. The van der Waals surface area contributed by atoms with Crippen LogP contribution in [0.25, 0.3) is 0 Å². The van der Waals surface area contributed by atoms with Crippen LogP contribution in [0.1, 0.15) is 20.3 Å². The van der Waals surface area contributed by atoms with E-state index in [1.165, 1.54) is 0 Å². The lowest BCUT2D eigenvalue weighted by Gasteiger charge is -2.20. The summed E-state index contributed by atoms with van der Waals surface area (Å²) in [4.78, 5) is 23.1. The first-order valence-electron chi connectivity index (χ1n) is 6.64. The van der Waals surface area contributed by atoms with E-state index >= 15 is 0 Å². The molecule has 0 saturated heterocycles. The van der Waals surface area contributed by atoms with Crippen molar-refractivity contribution in [1.29, 1.82) is 0 Å². The highest BCUT2D eigenvalue weighted by Gasteiger charge is 2.21. The van der Waals surface area contributed by atoms with Gasteiger partial charge < -0.3 is 21.1 Å². The molecule has 6 nitrogen and oxygen atoms in total. The molecular weight excluding hydrogens is 258 g/mol. The maximum absolute atomic E-state index is 12.0. The molecule has 2 atom stereocenters. The van der Waals surface area contributed by atoms with Gasteiger partial charge in [0.2, 0.25) is 5.91 Å². The van der Waals surface area contributed by atoms with E-state index in [1.54, 1.807) is 18.2 Å². The maximum Gasteiger partial charge on any atom is 0.262 e. The van der Waals surface area contributed by atoms with Gasteiger partial charge in [0.1, 0.15) is 5.75 Å². The number of hydrogen-bond acceptors (Lipinski definition) is 4. The fraction of sp³-hybridized carbons (Fsp3) is 0.429. The number of fused-ring (bicyclic) bond motifs is 1. The topological polar surface area (TPSA) is 93.5 Å². The van der Waals surface area contributed by atoms with Crippen LogP contribution < -0.4 is 21.1 Å². The molecule has 2 amide bonds. The van der Waals surface area contributed by atoms with E-state index in [4.69, 9.17) is 10.5 Å². The minimum absolute atomic E-state index is 0.0171. The van der Waals surface area contributed by atoms with Gasteiger partial charge in [-0.15, -0.1) is 0 Å². The Bertz CT molecular complexity index is 530. The molecule has 0 saturated carbocycles. The standard InChI is InChI=1S/C14H19N3O3/c1-3-8(2)13(15)14(19)16-9-4-5-10-11(6-9)20-7-12(18)17-10/h4-6,8,13H,3,7,15H2,1-2H3,(H,16,19)(H,17,18). The van der Waals surface area contributed by atoms with E-state index in [0.717, 1.165) is 6.42 Å². The summed E-state index contributed by atoms with van der Waals surface area (Å²) in [5, 5.41) is 5.45. The highest BCUT2D eigenvalue weighted by Crippen LogP contribution is 2.30. The predicted octanol–water partition coefficient (Wildman–Crippen LogP) is 1.33. The number of carbonyl (C=O) groups is 2. The SMILES string of the molecule is CCC(C)C(N)C(=O)Nc1ccc2c(c1)OCC(=O)N2. The van der Waals surface area contributed by atoms with Gasteiger partial charge >= 0.3 is 0 Å². The fourth-order valence-corrected chi connectivity index (χ4v) is 1.89. The lowest BCUT2D eigenvalue weighted by molar-refractivity contribution is -0.119. The largest absolute Gasteiger partial charge is 0.482 e. The van der Waals surface area contributed by atoms with Crippen molar-refractivity contribution in [3.05, 3.63) is 18.2 Å². The Hall–Kier alpha value is -2.08. The molecule has 0 fully saturated rings. The van der Waals surface area contributed by atoms with Crippen LogP contribution in [0.3, 0.4) is 0 Å². The number of nitrogens with two attached hydrogens (primary N) is 1. The summed E-state index contributed by atoms with van der Waals surface area (Å²) in [5.41, 5.74) is 7.08. The molecule has 1 aliphatic heterocycles. The van der Waals surface area contributed by atoms with Gasteiger partial charge in [0.15, 0.2) is 6.61 Å². The molecule has 1 aliphatic rings. The lowest BCUT2D eigenvalue weighted by atomic mass is 9.99. The van der Waals surface area contributed by atoms with Crippen molar-refractivity contribution in [2.75, 3.05) is 17.2 Å². The number of anilines is 2. The van der Waals surface area contributed by atoms with Crippen molar-refractivity contribution in [1.82, 2.24) is 0 Å². The molecule has 1 aromatic carbocycles. The molecule has 0 spiro atoms. The van der Waals surface area contributed by atoms with Crippen LogP contribution in [-0.4, -0.2) is 24.5 Å². The predicted molar refractivity (Wildman–Crippen MR) is 76.6 cm³/mol. The molecule has 1 heterocycles. The van der Waals surface area contributed by atoms with Crippen LogP contribution in [0.4, 0.5) is 11.4 Å². The average Bonchev–Trinajstić information content (AvgIpc) is 2.45.